The van der Waals surface area contributed by atoms with Gasteiger partial charge in [0.05, 0.1) is 16.8 Å². The van der Waals surface area contributed by atoms with Crippen LogP contribution in [0.3, 0.4) is 0 Å². The van der Waals surface area contributed by atoms with Gasteiger partial charge in [0.25, 0.3) is 5.91 Å². The number of anilines is 1. The first kappa shape index (κ1) is 19.3. The van der Waals surface area contributed by atoms with Gasteiger partial charge in [-0.15, -0.1) is 0 Å². The highest BCUT2D eigenvalue weighted by atomic mass is 16.4. The fraction of sp³-hybridized carbons (Fsp3) is 0. The third kappa shape index (κ3) is 3.63. The Kier molecular flexibility index (Phi) is 4.76. The molecule has 1 amide bonds. The minimum absolute atomic E-state index is 0.142. The number of hydrogen-bond donors (Lipinski definition) is 2. The lowest BCUT2D eigenvalue weighted by Crippen LogP contribution is -2.12. The van der Waals surface area contributed by atoms with Crippen molar-refractivity contribution in [2.45, 2.75) is 0 Å². The normalized spacial score (nSPS) is 10.9. The summed E-state index contributed by atoms with van der Waals surface area (Å²) in [5, 5.41) is 17.4. The number of carbonyl (C=O) groups excluding carboxylic acids is 1. The molecule has 2 N–H and O–H groups in total. The van der Waals surface area contributed by atoms with E-state index in [2.05, 4.69) is 10.4 Å². The molecule has 0 radical (unpaired) electrons. The van der Waals surface area contributed by atoms with E-state index in [-0.39, 0.29) is 11.5 Å². The van der Waals surface area contributed by atoms with E-state index in [1.54, 1.807) is 23.0 Å². The van der Waals surface area contributed by atoms with E-state index < -0.39 is 5.97 Å². The number of rotatable bonds is 5. The number of carboxylic acid groups (broad SMARTS) is 1. The van der Waals surface area contributed by atoms with Crippen LogP contribution in [0.25, 0.3) is 28.1 Å². The highest BCUT2D eigenvalue weighted by molar-refractivity contribution is 6.08. The predicted octanol–water partition coefficient (Wildman–Crippen LogP) is 5.24. The molecule has 0 saturated carbocycles. The molecule has 0 unspecified atom stereocenters. The molecule has 32 heavy (non-hydrogen) atoms. The Bertz CT molecular complexity index is 1400. The van der Waals surface area contributed by atoms with Gasteiger partial charge in [-0.3, -0.25) is 4.79 Å². The van der Waals surface area contributed by atoms with E-state index in [0.717, 1.165) is 11.1 Å². The second-order valence-electron chi connectivity index (χ2n) is 7.16. The molecule has 0 saturated heterocycles. The number of aromatic carboxylic acids is 1. The van der Waals surface area contributed by atoms with Crippen LogP contribution in [0, 0.1) is 0 Å². The molecule has 0 fully saturated rings. The number of aromatic nitrogens is 2. The van der Waals surface area contributed by atoms with Crippen molar-refractivity contribution in [2.24, 2.45) is 0 Å². The molecule has 0 spiro atoms. The average molecular weight is 423 g/mol. The van der Waals surface area contributed by atoms with Crippen molar-refractivity contribution in [3.8, 4) is 17.1 Å². The quantitative estimate of drug-likeness (QED) is 0.403. The molecule has 0 bridgehead atoms. The first-order valence-corrected chi connectivity index (χ1v) is 9.87. The van der Waals surface area contributed by atoms with E-state index >= 15 is 0 Å². The van der Waals surface area contributed by atoms with Crippen LogP contribution in [0.5, 0.6) is 0 Å². The number of amides is 1. The zero-order valence-electron chi connectivity index (χ0n) is 16.7. The topological polar surface area (TPSA) is 97.4 Å². The molecule has 3 aromatic carbocycles. The number of para-hydroxylation sites is 2. The second-order valence-corrected chi connectivity index (χ2v) is 7.16. The molecular formula is C25H17N3O4. The van der Waals surface area contributed by atoms with E-state index in [0.29, 0.717) is 28.3 Å². The summed E-state index contributed by atoms with van der Waals surface area (Å²) >= 11 is 0. The van der Waals surface area contributed by atoms with E-state index in [1.807, 2.05) is 60.7 Å². The van der Waals surface area contributed by atoms with Crippen LogP contribution < -0.4 is 5.32 Å². The Balaban J connectivity index is 1.55. The Hall–Kier alpha value is -4.65. The number of furan rings is 1. The van der Waals surface area contributed by atoms with Crippen LogP contribution in [-0.2, 0) is 0 Å². The zero-order valence-corrected chi connectivity index (χ0v) is 16.7. The van der Waals surface area contributed by atoms with Gasteiger partial charge in [0.1, 0.15) is 11.3 Å². The van der Waals surface area contributed by atoms with E-state index in [9.17, 15) is 9.59 Å². The largest absolute Gasteiger partial charge is 0.478 e. The van der Waals surface area contributed by atoms with Crippen LogP contribution in [0.2, 0.25) is 0 Å². The van der Waals surface area contributed by atoms with Crippen molar-refractivity contribution in [3.05, 3.63) is 102 Å². The lowest BCUT2D eigenvalue weighted by atomic mass is 10.1. The minimum Gasteiger partial charge on any atom is -0.478 e. The fourth-order valence-electron chi connectivity index (χ4n) is 3.43. The van der Waals surface area contributed by atoms with Crippen LogP contribution >= 0.6 is 0 Å². The van der Waals surface area contributed by atoms with Gasteiger partial charge < -0.3 is 14.8 Å². The number of nitrogens with zero attached hydrogens (tertiary/aromatic N) is 2. The maximum absolute atomic E-state index is 13.2. The standard InChI is InChI=1S/C25H17N3O4/c29-24(26-18-12-10-16(11-13-18)25(30)31)20-15-28(19-7-2-1-3-8-19)27-23(20)22-14-17-6-4-5-9-21(17)32-22/h1-15H,(H,26,29)(H,30,31). The lowest BCUT2D eigenvalue weighted by Gasteiger charge is -2.05. The molecule has 5 rings (SSSR count). The molecule has 0 atom stereocenters. The molecule has 2 aromatic heterocycles. The molecule has 7 nitrogen and oxygen atoms in total. The lowest BCUT2D eigenvalue weighted by molar-refractivity contribution is 0.0696. The third-order valence-corrected chi connectivity index (χ3v) is 5.03. The molecule has 0 aliphatic rings. The Morgan fingerprint density at radius 1 is 0.906 bits per heavy atom. The molecule has 2 heterocycles. The van der Waals surface area contributed by atoms with Gasteiger partial charge in [0, 0.05) is 17.3 Å². The number of carbonyl (C=O) groups is 2. The summed E-state index contributed by atoms with van der Waals surface area (Å²) in [4.78, 5) is 24.2. The number of carboxylic acids is 1. The van der Waals surface area contributed by atoms with Crippen molar-refractivity contribution < 1.29 is 19.1 Å². The van der Waals surface area contributed by atoms with Crippen molar-refractivity contribution in [3.63, 3.8) is 0 Å². The fourth-order valence-corrected chi connectivity index (χ4v) is 3.43. The average Bonchev–Trinajstić information content (AvgIpc) is 3.44. The summed E-state index contributed by atoms with van der Waals surface area (Å²) in [6.07, 6.45) is 1.65. The zero-order chi connectivity index (χ0) is 22.1. The first-order chi connectivity index (χ1) is 15.6. The van der Waals surface area contributed by atoms with E-state index in [1.165, 1.54) is 12.1 Å². The Labute approximate surface area is 182 Å². The van der Waals surface area contributed by atoms with Gasteiger partial charge in [-0.25, -0.2) is 9.48 Å². The van der Waals surface area contributed by atoms with Crippen molar-refractivity contribution in [2.75, 3.05) is 5.32 Å². The summed E-state index contributed by atoms with van der Waals surface area (Å²) in [7, 11) is 0. The molecule has 5 aromatic rings. The Morgan fingerprint density at radius 2 is 1.62 bits per heavy atom. The molecule has 0 aliphatic heterocycles. The predicted molar refractivity (Wildman–Crippen MR) is 120 cm³/mol. The van der Waals surface area contributed by atoms with Gasteiger partial charge in [-0.05, 0) is 48.5 Å². The molecular weight excluding hydrogens is 406 g/mol. The number of fused-ring (bicyclic) bond motifs is 1. The first-order valence-electron chi connectivity index (χ1n) is 9.87. The van der Waals surface area contributed by atoms with Crippen LogP contribution in [0.1, 0.15) is 20.7 Å². The smallest absolute Gasteiger partial charge is 0.335 e. The van der Waals surface area contributed by atoms with Crippen LogP contribution in [0.4, 0.5) is 5.69 Å². The van der Waals surface area contributed by atoms with Gasteiger partial charge in [-0.1, -0.05) is 36.4 Å². The van der Waals surface area contributed by atoms with Gasteiger partial charge in [-0.2, -0.15) is 5.10 Å². The highest BCUT2D eigenvalue weighted by Gasteiger charge is 2.22. The second kappa shape index (κ2) is 7.88. The molecule has 7 heteroatoms. The summed E-state index contributed by atoms with van der Waals surface area (Å²) in [5.74, 6) is -0.933. The minimum atomic E-state index is -1.03. The molecule has 0 aliphatic carbocycles. The summed E-state index contributed by atoms with van der Waals surface area (Å²) < 4.78 is 7.60. The van der Waals surface area contributed by atoms with Gasteiger partial charge in [0.2, 0.25) is 0 Å². The summed E-state index contributed by atoms with van der Waals surface area (Å²) in [5.41, 5.74) is 2.85. The Morgan fingerprint density at radius 3 is 2.34 bits per heavy atom. The number of hydrogen-bond acceptors (Lipinski definition) is 4. The summed E-state index contributed by atoms with van der Waals surface area (Å²) in [6.45, 7) is 0. The SMILES string of the molecule is O=C(O)c1ccc(NC(=O)c2cn(-c3ccccc3)nc2-c2cc3ccccc3o2)cc1. The number of nitrogens with one attached hydrogen (secondary N) is 1. The van der Waals surface area contributed by atoms with Crippen molar-refractivity contribution in [1.29, 1.82) is 0 Å². The highest BCUT2D eigenvalue weighted by Crippen LogP contribution is 2.30. The number of benzene rings is 3. The maximum Gasteiger partial charge on any atom is 0.335 e. The van der Waals surface area contributed by atoms with Gasteiger partial charge >= 0.3 is 5.97 Å². The third-order valence-electron chi connectivity index (χ3n) is 5.03. The maximum atomic E-state index is 13.2. The monoisotopic (exact) mass is 423 g/mol. The van der Waals surface area contributed by atoms with E-state index in [4.69, 9.17) is 9.52 Å². The van der Waals surface area contributed by atoms with Crippen molar-refractivity contribution >= 4 is 28.5 Å². The van der Waals surface area contributed by atoms with Gasteiger partial charge in [0.15, 0.2) is 5.76 Å². The molecule has 156 valence electrons. The van der Waals surface area contributed by atoms with Crippen LogP contribution in [-0.4, -0.2) is 26.8 Å². The van der Waals surface area contributed by atoms with Crippen molar-refractivity contribution in [1.82, 2.24) is 9.78 Å². The van der Waals surface area contributed by atoms with Crippen LogP contribution in [0.15, 0.2) is 95.5 Å². The summed E-state index contributed by atoms with van der Waals surface area (Å²) in [6, 6.07) is 24.9.